The van der Waals surface area contributed by atoms with E-state index >= 15 is 0 Å². The molecule has 0 unspecified atom stereocenters. The number of nitrogens with zero attached hydrogens (tertiary/aromatic N) is 1. The third-order valence-electron chi connectivity index (χ3n) is 3.46. The highest BCUT2D eigenvalue weighted by Crippen LogP contribution is 2.30. The first-order chi connectivity index (χ1) is 10.2. The van der Waals surface area contributed by atoms with Gasteiger partial charge in [-0.3, -0.25) is 4.79 Å². The predicted octanol–water partition coefficient (Wildman–Crippen LogP) is 2.43. The molecule has 0 saturated heterocycles. The average molecular weight is 289 g/mol. The summed E-state index contributed by atoms with van der Waals surface area (Å²) >= 11 is 0. The molecule has 1 fully saturated rings. The number of amides is 1. The molecule has 0 radical (unpaired) electrons. The minimum atomic E-state index is -0.522. The van der Waals surface area contributed by atoms with Crippen molar-refractivity contribution in [2.24, 2.45) is 5.92 Å². The Labute approximate surface area is 124 Å². The van der Waals surface area contributed by atoms with E-state index in [2.05, 4.69) is 11.8 Å². The number of carbonyl (C=O) groups excluding carboxylic acids is 1. The van der Waals surface area contributed by atoms with Gasteiger partial charge in [-0.05, 0) is 43.4 Å². The van der Waals surface area contributed by atoms with Gasteiger partial charge < -0.3 is 10.0 Å². The third-order valence-corrected chi connectivity index (χ3v) is 3.46. The summed E-state index contributed by atoms with van der Waals surface area (Å²) in [5.74, 6) is 4.99. The molecule has 0 spiro atoms. The zero-order valence-electron chi connectivity index (χ0n) is 12.2. The maximum atomic E-state index is 14.0. The molecular formula is C17H20FNO2. The summed E-state index contributed by atoms with van der Waals surface area (Å²) < 4.78 is 14.0. The van der Waals surface area contributed by atoms with Crippen LogP contribution < -0.4 is 0 Å². The van der Waals surface area contributed by atoms with Gasteiger partial charge in [0, 0.05) is 18.7 Å². The molecule has 2 rings (SSSR count). The molecule has 3 nitrogen and oxygen atoms in total. The van der Waals surface area contributed by atoms with Crippen LogP contribution in [0.1, 0.15) is 42.1 Å². The second kappa shape index (κ2) is 7.24. The highest BCUT2D eigenvalue weighted by molar-refractivity contribution is 5.95. The van der Waals surface area contributed by atoms with Crippen molar-refractivity contribution in [1.29, 1.82) is 0 Å². The average Bonchev–Trinajstić information content (AvgIpc) is 3.29. The van der Waals surface area contributed by atoms with E-state index < -0.39 is 5.82 Å². The molecule has 1 N–H and O–H groups in total. The topological polar surface area (TPSA) is 40.5 Å². The lowest BCUT2D eigenvalue weighted by atomic mass is 10.1. The van der Waals surface area contributed by atoms with Crippen LogP contribution in [0.25, 0.3) is 0 Å². The molecule has 1 aromatic carbocycles. The zero-order valence-corrected chi connectivity index (χ0v) is 12.2. The predicted molar refractivity (Wildman–Crippen MR) is 79.3 cm³/mol. The van der Waals surface area contributed by atoms with Gasteiger partial charge in [0.2, 0.25) is 0 Å². The molecule has 1 aliphatic rings. The van der Waals surface area contributed by atoms with Gasteiger partial charge in [-0.15, -0.1) is 0 Å². The van der Waals surface area contributed by atoms with Gasteiger partial charge in [-0.1, -0.05) is 18.8 Å². The maximum Gasteiger partial charge on any atom is 0.256 e. The molecule has 112 valence electrons. The zero-order chi connectivity index (χ0) is 15.2. The van der Waals surface area contributed by atoms with Crippen molar-refractivity contribution in [3.8, 4) is 11.8 Å². The van der Waals surface area contributed by atoms with Crippen molar-refractivity contribution < 1.29 is 14.3 Å². The molecule has 1 aliphatic carbocycles. The van der Waals surface area contributed by atoms with Crippen molar-refractivity contribution in [3.05, 3.63) is 35.1 Å². The molecule has 0 heterocycles. The van der Waals surface area contributed by atoms with Crippen molar-refractivity contribution in [2.45, 2.75) is 26.2 Å². The minimum Gasteiger partial charge on any atom is -0.384 e. The van der Waals surface area contributed by atoms with E-state index in [9.17, 15) is 9.18 Å². The van der Waals surface area contributed by atoms with Crippen molar-refractivity contribution >= 4 is 5.91 Å². The second-order valence-corrected chi connectivity index (χ2v) is 5.35. The van der Waals surface area contributed by atoms with Gasteiger partial charge >= 0.3 is 0 Å². The fraction of sp³-hybridized carbons (Fsp3) is 0.471. The van der Waals surface area contributed by atoms with E-state index in [1.54, 1.807) is 4.90 Å². The molecule has 21 heavy (non-hydrogen) atoms. The van der Waals surface area contributed by atoms with Crippen LogP contribution >= 0.6 is 0 Å². The minimum absolute atomic E-state index is 0.0637. The van der Waals surface area contributed by atoms with Crippen LogP contribution in [0.5, 0.6) is 0 Å². The smallest absolute Gasteiger partial charge is 0.256 e. The Morgan fingerprint density at radius 2 is 2.24 bits per heavy atom. The molecule has 0 aromatic heterocycles. The fourth-order valence-corrected chi connectivity index (χ4v) is 2.24. The van der Waals surface area contributed by atoms with E-state index in [0.29, 0.717) is 24.6 Å². The van der Waals surface area contributed by atoms with Gasteiger partial charge in [0.1, 0.15) is 12.4 Å². The Morgan fingerprint density at radius 3 is 2.86 bits per heavy atom. The SMILES string of the molecule is CCCN(CC1CC1)C(=O)c1cc(C#CCO)ccc1F. The number of aliphatic hydroxyl groups is 1. The van der Waals surface area contributed by atoms with Crippen molar-refractivity contribution in [2.75, 3.05) is 19.7 Å². The van der Waals surface area contributed by atoms with E-state index in [0.717, 1.165) is 19.3 Å². The molecule has 0 aliphatic heterocycles. The second-order valence-electron chi connectivity index (χ2n) is 5.35. The number of hydrogen-bond acceptors (Lipinski definition) is 2. The van der Waals surface area contributed by atoms with E-state index in [1.165, 1.54) is 18.2 Å². The lowest BCUT2D eigenvalue weighted by molar-refractivity contribution is 0.0743. The highest BCUT2D eigenvalue weighted by atomic mass is 19.1. The van der Waals surface area contributed by atoms with Crippen LogP contribution in [0.3, 0.4) is 0 Å². The molecule has 1 aromatic rings. The summed E-state index contributed by atoms with van der Waals surface area (Å²) in [6.07, 6.45) is 3.15. The standard InChI is InChI=1S/C17H20FNO2/c1-2-9-19(12-14-5-6-14)17(21)15-11-13(4-3-10-20)7-8-16(15)18/h7-8,11,14,20H,2,5-6,9-10,12H2,1H3. The number of rotatable bonds is 5. The van der Waals surface area contributed by atoms with Crippen LogP contribution in [-0.4, -0.2) is 35.6 Å². The van der Waals surface area contributed by atoms with Gasteiger partial charge in [-0.2, -0.15) is 0 Å². The third kappa shape index (κ3) is 4.30. The summed E-state index contributed by atoms with van der Waals surface area (Å²) in [4.78, 5) is 14.3. The molecule has 4 heteroatoms. The number of halogens is 1. The van der Waals surface area contributed by atoms with Crippen LogP contribution in [0.2, 0.25) is 0 Å². The summed E-state index contributed by atoms with van der Waals surface area (Å²) in [7, 11) is 0. The molecular weight excluding hydrogens is 269 g/mol. The van der Waals surface area contributed by atoms with E-state index in [-0.39, 0.29) is 18.1 Å². The normalized spacial score (nSPS) is 13.5. The summed E-state index contributed by atoms with van der Waals surface area (Å²) in [6.45, 7) is 3.09. The van der Waals surface area contributed by atoms with Gasteiger partial charge in [-0.25, -0.2) is 4.39 Å². The summed E-state index contributed by atoms with van der Waals surface area (Å²) in [5, 5.41) is 8.70. The molecule has 1 amide bonds. The van der Waals surface area contributed by atoms with E-state index in [4.69, 9.17) is 5.11 Å². The fourth-order valence-electron chi connectivity index (χ4n) is 2.24. The van der Waals surface area contributed by atoms with Crippen molar-refractivity contribution in [1.82, 2.24) is 4.90 Å². The Kier molecular flexibility index (Phi) is 5.35. The first-order valence-electron chi connectivity index (χ1n) is 7.34. The molecule has 0 bridgehead atoms. The number of benzene rings is 1. The highest BCUT2D eigenvalue weighted by Gasteiger charge is 2.27. The summed E-state index contributed by atoms with van der Waals surface area (Å²) in [5.41, 5.74) is 0.602. The van der Waals surface area contributed by atoms with Gasteiger partial charge in [0.25, 0.3) is 5.91 Å². The first kappa shape index (κ1) is 15.5. The van der Waals surface area contributed by atoms with Crippen LogP contribution in [0, 0.1) is 23.6 Å². The number of aliphatic hydroxyl groups excluding tert-OH is 1. The Morgan fingerprint density at radius 1 is 1.48 bits per heavy atom. The maximum absolute atomic E-state index is 14.0. The Hall–Kier alpha value is -1.86. The van der Waals surface area contributed by atoms with Gasteiger partial charge in [0.05, 0.1) is 5.56 Å². The lowest BCUT2D eigenvalue weighted by Crippen LogP contribution is -2.34. The quantitative estimate of drug-likeness (QED) is 0.846. The number of hydrogen-bond donors (Lipinski definition) is 1. The summed E-state index contributed by atoms with van der Waals surface area (Å²) in [6, 6.07) is 4.24. The molecule has 0 atom stereocenters. The lowest BCUT2D eigenvalue weighted by Gasteiger charge is -2.22. The Bertz CT molecular complexity index is 570. The largest absolute Gasteiger partial charge is 0.384 e. The number of carbonyl (C=O) groups is 1. The van der Waals surface area contributed by atoms with Crippen molar-refractivity contribution in [3.63, 3.8) is 0 Å². The van der Waals surface area contributed by atoms with Crippen LogP contribution in [-0.2, 0) is 0 Å². The first-order valence-corrected chi connectivity index (χ1v) is 7.34. The van der Waals surface area contributed by atoms with Gasteiger partial charge in [0.15, 0.2) is 0 Å². The van der Waals surface area contributed by atoms with E-state index in [1.807, 2.05) is 6.92 Å². The van der Waals surface area contributed by atoms with Crippen LogP contribution in [0.15, 0.2) is 18.2 Å². The monoisotopic (exact) mass is 289 g/mol. The van der Waals surface area contributed by atoms with Crippen LogP contribution in [0.4, 0.5) is 4.39 Å². The molecule has 1 saturated carbocycles. The Balaban J connectivity index is 2.22.